The van der Waals surface area contributed by atoms with E-state index in [1.54, 1.807) is 20.8 Å². The van der Waals surface area contributed by atoms with E-state index in [9.17, 15) is 13.2 Å². The highest BCUT2D eigenvalue weighted by Gasteiger charge is 2.22. The Morgan fingerprint density at radius 1 is 1.40 bits per heavy atom. The van der Waals surface area contributed by atoms with Gasteiger partial charge >= 0.3 is 6.09 Å². The Balaban J connectivity index is 4.10. The first-order chi connectivity index (χ1) is 6.66. The zero-order chi connectivity index (χ0) is 12.1. The van der Waals surface area contributed by atoms with Crippen LogP contribution >= 0.6 is 0 Å². The summed E-state index contributed by atoms with van der Waals surface area (Å²) in [5.74, 6) is 0. The maximum atomic E-state index is 11.0. The smallest absolute Gasteiger partial charge is 0.407 e. The molecule has 0 atom stereocenters. The molecule has 15 heavy (non-hydrogen) atoms. The summed E-state index contributed by atoms with van der Waals surface area (Å²) in [5, 5.41) is 2.46. The van der Waals surface area contributed by atoms with Crippen LogP contribution in [0.15, 0.2) is 0 Å². The first-order valence-electron chi connectivity index (χ1n) is 4.56. The zero-order valence-corrected chi connectivity index (χ0v) is 10.3. The van der Waals surface area contributed by atoms with Crippen LogP contribution in [0, 0.1) is 0 Å². The van der Waals surface area contributed by atoms with Gasteiger partial charge in [-0.1, -0.05) is 0 Å². The van der Waals surface area contributed by atoms with Crippen LogP contribution in [0.2, 0.25) is 0 Å². The lowest BCUT2D eigenvalue weighted by molar-refractivity contribution is 0.149. The largest absolute Gasteiger partial charge is 0.450 e. The van der Waals surface area contributed by atoms with E-state index in [4.69, 9.17) is 0 Å². The van der Waals surface area contributed by atoms with Crippen molar-refractivity contribution in [2.24, 2.45) is 0 Å². The summed E-state index contributed by atoms with van der Waals surface area (Å²) < 4.78 is 29.0. The fourth-order valence-electron chi connectivity index (χ4n) is 1.01. The number of rotatable bonds is 5. The number of sulfonamides is 1. The van der Waals surface area contributed by atoms with Crippen LogP contribution < -0.4 is 10.0 Å². The topological polar surface area (TPSA) is 84.5 Å². The van der Waals surface area contributed by atoms with Gasteiger partial charge in [0.1, 0.15) is 0 Å². The van der Waals surface area contributed by atoms with Gasteiger partial charge in [-0.05, 0) is 20.8 Å². The van der Waals surface area contributed by atoms with Gasteiger partial charge in [0.15, 0.2) is 0 Å². The van der Waals surface area contributed by atoms with Crippen molar-refractivity contribution in [1.29, 1.82) is 0 Å². The molecule has 1 amide bonds. The van der Waals surface area contributed by atoms with Crippen molar-refractivity contribution in [3.8, 4) is 0 Å². The fourth-order valence-corrected chi connectivity index (χ4v) is 2.09. The highest BCUT2D eigenvalue weighted by Crippen LogP contribution is 2.01. The van der Waals surface area contributed by atoms with Gasteiger partial charge in [0, 0.05) is 12.1 Å². The van der Waals surface area contributed by atoms with Crippen LogP contribution in [0.1, 0.15) is 20.8 Å². The molecule has 7 heteroatoms. The minimum absolute atomic E-state index is 0.166. The molecule has 0 aromatic carbocycles. The average Bonchev–Trinajstić information content (AvgIpc) is 1.97. The van der Waals surface area contributed by atoms with Crippen molar-refractivity contribution in [3.05, 3.63) is 0 Å². The highest BCUT2D eigenvalue weighted by molar-refractivity contribution is 7.88. The third kappa shape index (κ3) is 8.19. The summed E-state index contributed by atoms with van der Waals surface area (Å²) in [4.78, 5) is 10.9. The Bertz CT molecular complexity index is 311. The van der Waals surface area contributed by atoms with E-state index in [1.807, 2.05) is 0 Å². The van der Waals surface area contributed by atoms with Gasteiger partial charge in [0.2, 0.25) is 10.0 Å². The van der Waals surface area contributed by atoms with E-state index in [0.717, 1.165) is 6.26 Å². The van der Waals surface area contributed by atoms with Gasteiger partial charge in [0.25, 0.3) is 0 Å². The molecule has 90 valence electrons. The number of hydrogen-bond donors (Lipinski definition) is 2. The van der Waals surface area contributed by atoms with E-state index in [2.05, 4.69) is 14.8 Å². The number of nitrogens with one attached hydrogen (secondary N) is 2. The Morgan fingerprint density at radius 2 is 1.93 bits per heavy atom. The number of alkyl carbamates (subject to hydrolysis) is 1. The number of hydrogen-bond acceptors (Lipinski definition) is 4. The first kappa shape index (κ1) is 14.2. The van der Waals surface area contributed by atoms with Crippen molar-refractivity contribution in [2.45, 2.75) is 26.3 Å². The molecule has 0 bridgehead atoms. The van der Waals surface area contributed by atoms with Crippen LogP contribution in [0.5, 0.6) is 0 Å². The summed E-state index contributed by atoms with van der Waals surface area (Å²) >= 11 is 0. The number of carbonyl (C=O) groups excluding carboxylic acids is 1. The summed E-state index contributed by atoms with van der Waals surface area (Å²) in [6.07, 6.45) is 0.514. The first-order valence-corrected chi connectivity index (χ1v) is 6.45. The predicted octanol–water partition coefficient (Wildman–Crippen LogP) is 0.0603. The van der Waals surface area contributed by atoms with Crippen molar-refractivity contribution in [1.82, 2.24) is 10.0 Å². The highest BCUT2D eigenvalue weighted by atomic mass is 32.2. The SMILES string of the molecule is CCOC(=O)NCC(C)(C)NS(C)(=O)=O. The summed E-state index contributed by atoms with van der Waals surface area (Å²) in [6.45, 7) is 5.48. The normalized spacial score (nSPS) is 12.3. The van der Waals surface area contributed by atoms with Crippen LogP contribution in [0.4, 0.5) is 4.79 Å². The van der Waals surface area contributed by atoms with Gasteiger partial charge in [-0.2, -0.15) is 0 Å². The standard InChI is InChI=1S/C8H18N2O4S/c1-5-14-7(11)9-6-8(2,3)10-15(4,12)13/h10H,5-6H2,1-4H3,(H,9,11). The molecule has 0 unspecified atom stereocenters. The van der Waals surface area contributed by atoms with Gasteiger partial charge in [-0.3, -0.25) is 0 Å². The minimum Gasteiger partial charge on any atom is -0.450 e. The Hall–Kier alpha value is -0.820. The van der Waals surface area contributed by atoms with E-state index in [0.29, 0.717) is 0 Å². The number of carbonyl (C=O) groups is 1. The lowest BCUT2D eigenvalue weighted by Gasteiger charge is -2.24. The molecule has 0 heterocycles. The molecular weight excluding hydrogens is 220 g/mol. The molecule has 0 spiro atoms. The molecule has 0 aromatic heterocycles. The number of amides is 1. The monoisotopic (exact) mass is 238 g/mol. The van der Waals surface area contributed by atoms with Crippen LogP contribution in [0.25, 0.3) is 0 Å². The lowest BCUT2D eigenvalue weighted by atomic mass is 10.1. The Labute approximate surface area is 90.4 Å². The van der Waals surface area contributed by atoms with Crippen molar-refractivity contribution >= 4 is 16.1 Å². The predicted molar refractivity (Wildman–Crippen MR) is 57.1 cm³/mol. The van der Waals surface area contributed by atoms with Crippen molar-refractivity contribution < 1.29 is 17.9 Å². The molecule has 0 saturated heterocycles. The van der Waals surface area contributed by atoms with E-state index in [-0.39, 0.29) is 13.2 Å². The molecule has 0 radical (unpaired) electrons. The molecule has 0 saturated carbocycles. The van der Waals surface area contributed by atoms with Crippen molar-refractivity contribution in [3.63, 3.8) is 0 Å². The van der Waals surface area contributed by atoms with Gasteiger partial charge in [-0.25, -0.2) is 17.9 Å². The molecule has 0 rings (SSSR count). The van der Waals surface area contributed by atoms with Crippen LogP contribution in [-0.2, 0) is 14.8 Å². The maximum absolute atomic E-state index is 11.0. The molecule has 0 aliphatic rings. The average molecular weight is 238 g/mol. The lowest BCUT2D eigenvalue weighted by Crippen LogP contribution is -2.51. The molecule has 0 aromatic rings. The molecule has 0 aliphatic carbocycles. The van der Waals surface area contributed by atoms with Crippen molar-refractivity contribution in [2.75, 3.05) is 19.4 Å². The molecular formula is C8H18N2O4S. The second-order valence-corrected chi connectivity index (χ2v) is 5.58. The second kappa shape index (κ2) is 5.32. The van der Waals surface area contributed by atoms with Crippen LogP contribution in [-0.4, -0.2) is 39.5 Å². The quantitative estimate of drug-likeness (QED) is 0.709. The molecule has 0 aliphatic heterocycles. The van der Waals surface area contributed by atoms with Crippen LogP contribution in [0.3, 0.4) is 0 Å². The molecule has 2 N–H and O–H groups in total. The van der Waals surface area contributed by atoms with Gasteiger partial charge < -0.3 is 10.1 Å². The molecule has 0 fully saturated rings. The van der Waals surface area contributed by atoms with Gasteiger partial charge in [0.05, 0.1) is 12.9 Å². The third-order valence-corrected chi connectivity index (χ3v) is 2.34. The maximum Gasteiger partial charge on any atom is 0.407 e. The molecule has 6 nitrogen and oxygen atoms in total. The fraction of sp³-hybridized carbons (Fsp3) is 0.875. The Morgan fingerprint density at radius 3 is 2.33 bits per heavy atom. The second-order valence-electron chi connectivity index (χ2n) is 3.83. The summed E-state index contributed by atoms with van der Waals surface area (Å²) in [7, 11) is -3.28. The minimum atomic E-state index is -3.28. The van der Waals surface area contributed by atoms with E-state index < -0.39 is 21.7 Å². The van der Waals surface area contributed by atoms with E-state index in [1.165, 1.54) is 0 Å². The Kier molecular flexibility index (Phi) is 5.02. The number of ether oxygens (including phenoxy) is 1. The summed E-state index contributed by atoms with van der Waals surface area (Å²) in [5.41, 5.74) is -0.736. The van der Waals surface area contributed by atoms with E-state index >= 15 is 0 Å². The summed E-state index contributed by atoms with van der Waals surface area (Å²) in [6, 6.07) is 0. The van der Waals surface area contributed by atoms with Gasteiger partial charge in [-0.15, -0.1) is 0 Å². The third-order valence-electron chi connectivity index (χ3n) is 1.41. The zero-order valence-electron chi connectivity index (χ0n) is 9.46.